The molecule has 98 valence electrons. The van der Waals surface area contributed by atoms with Gasteiger partial charge in [-0.3, -0.25) is 4.79 Å². The molecule has 0 aliphatic heterocycles. The molecule has 20 heavy (non-hydrogen) atoms. The Hall–Kier alpha value is -2.00. The number of hydrogen-bond donors (Lipinski definition) is 0. The predicted octanol–water partition coefficient (Wildman–Crippen LogP) is 4.97. The van der Waals surface area contributed by atoms with Crippen LogP contribution in [-0.4, -0.2) is 5.78 Å². The molecule has 0 heterocycles. The minimum atomic E-state index is -0.434. The zero-order chi connectivity index (χ0) is 14.1. The molecule has 3 heteroatoms. The van der Waals surface area contributed by atoms with Gasteiger partial charge in [-0.05, 0) is 38.8 Å². The number of ketones is 1. The van der Waals surface area contributed by atoms with E-state index in [2.05, 4.69) is 15.9 Å². The molecule has 0 amide bonds. The van der Waals surface area contributed by atoms with Gasteiger partial charge in [-0.1, -0.05) is 48.5 Å². The zero-order valence-corrected chi connectivity index (χ0v) is 12.0. The van der Waals surface area contributed by atoms with Crippen molar-refractivity contribution in [3.05, 3.63) is 82.1 Å². The molecule has 1 nitrogen and oxygen atoms in total. The lowest BCUT2D eigenvalue weighted by Crippen LogP contribution is -2.04. The summed E-state index contributed by atoms with van der Waals surface area (Å²) < 4.78 is 13.8. The first-order valence-electron chi connectivity index (χ1n) is 6.15. The van der Waals surface area contributed by atoms with E-state index in [0.717, 1.165) is 10.8 Å². The molecule has 0 aromatic heterocycles. The Morgan fingerprint density at radius 3 is 2.35 bits per heavy atom. The number of carbonyl (C=O) groups is 1. The second-order valence-electron chi connectivity index (χ2n) is 4.46. The van der Waals surface area contributed by atoms with Crippen molar-refractivity contribution in [2.75, 3.05) is 0 Å². The molecule has 0 radical (unpaired) electrons. The van der Waals surface area contributed by atoms with Crippen molar-refractivity contribution in [1.29, 1.82) is 0 Å². The second-order valence-corrected chi connectivity index (χ2v) is 5.25. The molecule has 0 spiro atoms. The van der Waals surface area contributed by atoms with Gasteiger partial charge in [0.2, 0.25) is 0 Å². The van der Waals surface area contributed by atoms with Crippen LogP contribution in [0.4, 0.5) is 4.39 Å². The largest absolute Gasteiger partial charge is 0.289 e. The molecule has 0 atom stereocenters. The van der Waals surface area contributed by atoms with Crippen molar-refractivity contribution in [3.8, 4) is 0 Å². The van der Waals surface area contributed by atoms with Gasteiger partial charge in [-0.25, -0.2) is 4.39 Å². The Bertz CT molecular complexity index is 806. The lowest BCUT2D eigenvalue weighted by molar-refractivity contribution is 0.103. The Morgan fingerprint density at radius 1 is 0.850 bits per heavy atom. The summed E-state index contributed by atoms with van der Waals surface area (Å²) in [5.41, 5.74) is 0.913. The summed E-state index contributed by atoms with van der Waals surface area (Å²) in [7, 11) is 0. The number of rotatable bonds is 2. The highest BCUT2D eigenvalue weighted by molar-refractivity contribution is 9.10. The Balaban J connectivity index is 2.21. The number of benzene rings is 3. The highest BCUT2D eigenvalue weighted by atomic mass is 79.9. The molecule has 3 aromatic carbocycles. The molecule has 0 saturated heterocycles. The van der Waals surface area contributed by atoms with Crippen molar-refractivity contribution in [2.45, 2.75) is 0 Å². The van der Waals surface area contributed by atoms with Crippen LogP contribution in [0.2, 0.25) is 0 Å². The Morgan fingerprint density at radius 2 is 1.50 bits per heavy atom. The normalized spacial score (nSPS) is 10.7. The molecule has 3 rings (SSSR count). The first kappa shape index (κ1) is 13.0. The Kier molecular flexibility index (Phi) is 3.36. The highest BCUT2D eigenvalue weighted by Crippen LogP contribution is 2.26. The van der Waals surface area contributed by atoms with Gasteiger partial charge in [0.05, 0.1) is 4.47 Å². The SMILES string of the molecule is O=C(c1cccc(F)c1Br)c1cccc2ccccc12. The van der Waals surface area contributed by atoms with E-state index in [-0.39, 0.29) is 10.3 Å². The van der Waals surface area contributed by atoms with Crippen LogP contribution in [0.1, 0.15) is 15.9 Å². The van der Waals surface area contributed by atoms with E-state index in [1.54, 1.807) is 18.2 Å². The lowest BCUT2D eigenvalue weighted by Gasteiger charge is -2.07. The molecule has 0 aliphatic carbocycles. The molecule has 3 aromatic rings. The third-order valence-electron chi connectivity index (χ3n) is 3.23. The van der Waals surface area contributed by atoms with Crippen molar-refractivity contribution in [1.82, 2.24) is 0 Å². The van der Waals surface area contributed by atoms with Gasteiger partial charge < -0.3 is 0 Å². The molecule has 0 aliphatic rings. The first-order valence-corrected chi connectivity index (χ1v) is 6.94. The summed E-state index contributed by atoms with van der Waals surface area (Å²) in [6, 6.07) is 17.7. The van der Waals surface area contributed by atoms with E-state index in [9.17, 15) is 9.18 Å². The minimum absolute atomic E-state index is 0.187. The van der Waals surface area contributed by atoms with Crippen LogP contribution in [0, 0.1) is 5.82 Å². The van der Waals surface area contributed by atoms with E-state index in [0.29, 0.717) is 11.1 Å². The fraction of sp³-hybridized carbons (Fsp3) is 0. The van der Waals surface area contributed by atoms with Crippen LogP contribution in [0.15, 0.2) is 65.1 Å². The summed E-state index contributed by atoms with van der Waals surface area (Å²) in [5.74, 6) is -0.621. The third kappa shape index (κ3) is 2.14. The maximum atomic E-state index is 13.6. The molecular formula is C17H10BrFO. The van der Waals surface area contributed by atoms with Crippen LogP contribution in [0.3, 0.4) is 0 Å². The van der Waals surface area contributed by atoms with Gasteiger partial charge >= 0.3 is 0 Å². The number of halogens is 2. The van der Waals surface area contributed by atoms with Gasteiger partial charge in [0.15, 0.2) is 5.78 Å². The average molecular weight is 329 g/mol. The summed E-state index contributed by atoms with van der Waals surface area (Å²) in [6.07, 6.45) is 0. The maximum Gasteiger partial charge on any atom is 0.194 e. The summed E-state index contributed by atoms with van der Waals surface area (Å²) in [5, 5.41) is 1.86. The molecule has 0 unspecified atom stereocenters. The van der Waals surface area contributed by atoms with Crippen molar-refractivity contribution in [2.24, 2.45) is 0 Å². The Labute approximate surface area is 124 Å². The van der Waals surface area contributed by atoms with Crippen LogP contribution >= 0.6 is 15.9 Å². The van der Waals surface area contributed by atoms with E-state index in [1.807, 2.05) is 36.4 Å². The monoisotopic (exact) mass is 328 g/mol. The molecular weight excluding hydrogens is 319 g/mol. The van der Waals surface area contributed by atoms with E-state index < -0.39 is 5.82 Å². The lowest BCUT2D eigenvalue weighted by atomic mass is 9.97. The summed E-state index contributed by atoms with van der Waals surface area (Å²) in [6.45, 7) is 0. The first-order chi connectivity index (χ1) is 9.68. The number of fused-ring (bicyclic) bond motifs is 1. The average Bonchev–Trinajstić information content (AvgIpc) is 2.49. The quantitative estimate of drug-likeness (QED) is 0.607. The third-order valence-corrected chi connectivity index (χ3v) is 4.04. The van der Waals surface area contributed by atoms with Crippen molar-refractivity contribution >= 4 is 32.5 Å². The van der Waals surface area contributed by atoms with E-state index >= 15 is 0 Å². The topological polar surface area (TPSA) is 17.1 Å². The molecule has 0 fully saturated rings. The van der Waals surface area contributed by atoms with Gasteiger partial charge in [-0.15, -0.1) is 0 Å². The molecule has 0 bridgehead atoms. The second kappa shape index (κ2) is 5.17. The van der Waals surface area contributed by atoms with Crippen molar-refractivity contribution < 1.29 is 9.18 Å². The number of hydrogen-bond acceptors (Lipinski definition) is 1. The predicted molar refractivity (Wildman–Crippen MR) is 81.5 cm³/mol. The van der Waals surface area contributed by atoms with Crippen LogP contribution in [-0.2, 0) is 0 Å². The smallest absolute Gasteiger partial charge is 0.194 e. The highest BCUT2D eigenvalue weighted by Gasteiger charge is 2.16. The fourth-order valence-electron chi connectivity index (χ4n) is 2.25. The summed E-state index contributed by atoms with van der Waals surface area (Å²) in [4.78, 5) is 12.6. The van der Waals surface area contributed by atoms with Crippen molar-refractivity contribution in [3.63, 3.8) is 0 Å². The number of carbonyl (C=O) groups excluding carboxylic acids is 1. The van der Waals surface area contributed by atoms with Gasteiger partial charge in [0.25, 0.3) is 0 Å². The van der Waals surface area contributed by atoms with Gasteiger partial charge in [0.1, 0.15) is 5.82 Å². The summed E-state index contributed by atoms with van der Waals surface area (Å²) >= 11 is 3.15. The zero-order valence-electron chi connectivity index (χ0n) is 10.4. The van der Waals surface area contributed by atoms with Gasteiger partial charge in [-0.2, -0.15) is 0 Å². The van der Waals surface area contributed by atoms with Crippen LogP contribution in [0.5, 0.6) is 0 Å². The van der Waals surface area contributed by atoms with Crippen LogP contribution in [0.25, 0.3) is 10.8 Å². The van der Waals surface area contributed by atoms with Crippen LogP contribution < -0.4 is 0 Å². The molecule has 0 N–H and O–H groups in total. The maximum absolute atomic E-state index is 13.6. The van der Waals surface area contributed by atoms with E-state index in [1.165, 1.54) is 6.07 Å². The standard InChI is InChI=1S/C17H10BrFO/c18-16-14(9-4-10-15(16)19)17(20)13-8-3-6-11-5-1-2-7-12(11)13/h1-10H. The molecule has 0 saturated carbocycles. The fourth-order valence-corrected chi connectivity index (χ4v) is 2.69. The van der Waals surface area contributed by atoms with E-state index in [4.69, 9.17) is 0 Å². The van der Waals surface area contributed by atoms with Gasteiger partial charge in [0, 0.05) is 11.1 Å². The minimum Gasteiger partial charge on any atom is -0.289 e.